The van der Waals surface area contributed by atoms with E-state index in [1.165, 1.54) is 0 Å². The number of carbonyl (C=O) groups is 2. The maximum Gasteiger partial charge on any atom is 0.407 e. The van der Waals surface area contributed by atoms with Crippen LogP contribution in [0.3, 0.4) is 0 Å². The number of thioether (sulfide) groups is 1. The van der Waals surface area contributed by atoms with Gasteiger partial charge in [-0.25, -0.2) is 4.79 Å². The lowest BCUT2D eigenvalue weighted by atomic mass is 9.84. The number of ether oxygens (including phenoxy) is 1. The van der Waals surface area contributed by atoms with Crippen molar-refractivity contribution in [3.63, 3.8) is 0 Å². The summed E-state index contributed by atoms with van der Waals surface area (Å²) >= 11 is 14.0. The van der Waals surface area contributed by atoms with Gasteiger partial charge in [0.15, 0.2) is 0 Å². The molecule has 0 fully saturated rings. The molecule has 0 radical (unpaired) electrons. The number of halogens is 2. The van der Waals surface area contributed by atoms with Gasteiger partial charge in [-0.2, -0.15) is 0 Å². The lowest BCUT2D eigenvalue weighted by Gasteiger charge is -2.37. The SMILES string of the molecule is CC(C)(C)OC(=O)N[C@@H](CSC(c1ccccc1)(c1ccccc1)c1ccccc1)CN(C(=O)CCl)c1cccc(Cl)c1. The number of nitrogens with one attached hydrogen (secondary N) is 1. The minimum absolute atomic E-state index is 0.159. The highest BCUT2D eigenvalue weighted by molar-refractivity contribution is 8.00. The first-order chi connectivity index (χ1) is 20.6. The number of nitrogens with zero attached hydrogens (tertiary/aromatic N) is 1. The second-order valence-electron chi connectivity index (χ2n) is 11.1. The molecule has 0 bridgehead atoms. The molecule has 4 aromatic rings. The lowest BCUT2D eigenvalue weighted by Crippen LogP contribution is -2.49. The Morgan fingerprint density at radius 2 is 1.33 bits per heavy atom. The fourth-order valence-corrected chi connectivity index (χ4v) is 6.77. The van der Waals surface area contributed by atoms with Crippen LogP contribution in [0.4, 0.5) is 10.5 Å². The standard InChI is InChI=1S/C35H36Cl2N2O3S/c1-34(2,3)42-33(41)38-30(24-39(32(40)23-36)31-21-13-20-29(37)22-31)25-43-35(26-14-7-4-8-15-26,27-16-9-5-10-17-27)28-18-11-6-12-19-28/h4-22,30H,23-25H2,1-3H3,(H,38,41)/t30-/m1/s1. The summed E-state index contributed by atoms with van der Waals surface area (Å²) in [5.74, 6) is -0.0869. The number of anilines is 1. The van der Waals surface area contributed by atoms with Crippen LogP contribution < -0.4 is 10.2 Å². The van der Waals surface area contributed by atoms with Crippen LogP contribution in [0.1, 0.15) is 37.5 Å². The number of hydrogen-bond donors (Lipinski definition) is 1. The van der Waals surface area contributed by atoms with E-state index in [4.69, 9.17) is 27.9 Å². The van der Waals surface area contributed by atoms with Crippen LogP contribution in [-0.2, 0) is 14.3 Å². The van der Waals surface area contributed by atoms with E-state index in [1.54, 1.807) is 40.9 Å². The van der Waals surface area contributed by atoms with E-state index in [-0.39, 0.29) is 18.3 Å². The van der Waals surface area contributed by atoms with Gasteiger partial charge in [0.25, 0.3) is 0 Å². The number of alkyl halides is 1. The van der Waals surface area contributed by atoms with Crippen molar-refractivity contribution in [2.45, 2.75) is 37.2 Å². The summed E-state index contributed by atoms with van der Waals surface area (Å²) in [4.78, 5) is 27.8. The molecule has 8 heteroatoms. The van der Waals surface area contributed by atoms with Crippen molar-refractivity contribution in [2.24, 2.45) is 0 Å². The van der Waals surface area contributed by atoms with Gasteiger partial charge in [-0.15, -0.1) is 23.4 Å². The number of carbonyl (C=O) groups excluding carboxylic acids is 2. The molecule has 0 aliphatic heterocycles. The second kappa shape index (κ2) is 14.8. The fraction of sp³-hybridized carbons (Fsp3) is 0.257. The third-order valence-electron chi connectivity index (χ3n) is 6.70. The first kappa shape index (κ1) is 32.5. The van der Waals surface area contributed by atoms with Gasteiger partial charge in [0.1, 0.15) is 11.5 Å². The molecule has 0 aromatic heterocycles. The van der Waals surface area contributed by atoms with E-state index >= 15 is 0 Å². The average Bonchev–Trinajstić information content (AvgIpc) is 3.00. The highest BCUT2D eigenvalue weighted by Crippen LogP contribution is 2.48. The van der Waals surface area contributed by atoms with Crippen LogP contribution in [0.2, 0.25) is 5.02 Å². The first-order valence-electron chi connectivity index (χ1n) is 14.0. The third kappa shape index (κ3) is 8.56. The van der Waals surface area contributed by atoms with Crippen molar-refractivity contribution in [3.8, 4) is 0 Å². The van der Waals surface area contributed by atoms with E-state index in [1.807, 2.05) is 75.4 Å². The molecule has 224 valence electrons. The molecule has 0 aliphatic carbocycles. The van der Waals surface area contributed by atoms with Gasteiger partial charge in [0.2, 0.25) is 5.91 Å². The Labute approximate surface area is 268 Å². The zero-order valence-corrected chi connectivity index (χ0v) is 26.8. The Morgan fingerprint density at radius 1 is 0.814 bits per heavy atom. The van der Waals surface area contributed by atoms with Crippen LogP contribution in [0.25, 0.3) is 0 Å². The van der Waals surface area contributed by atoms with Gasteiger partial charge >= 0.3 is 6.09 Å². The topological polar surface area (TPSA) is 58.6 Å². The summed E-state index contributed by atoms with van der Waals surface area (Å²) in [7, 11) is 0. The molecule has 1 atom stereocenters. The molecule has 0 unspecified atom stereocenters. The molecule has 4 aromatic carbocycles. The van der Waals surface area contributed by atoms with E-state index in [0.29, 0.717) is 16.5 Å². The lowest BCUT2D eigenvalue weighted by molar-refractivity contribution is -0.116. The van der Waals surface area contributed by atoms with Crippen molar-refractivity contribution in [1.29, 1.82) is 0 Å². The zero-order valence-electron chi connectivity index (χ0n) is 24.5. The van der Waals surface area contributed by atoms with Crippen molar-refractivity contribution >= 4 is 52.7 Å². The van der Waals surface area contributed by atoms with Crippen molar-refractivity contribution in [1.82, 2.24) is 5.32 Å². The fourth-order valence-electron chi connectivity index (χ4n) is 4.90. The molecule has 2 amide bonds. The Morgan fingerprint density at radius 3 is 1.77 bits per heavy atom. The van der Waals surface area contributed by atoms with Gasteiger partial charge in [-0.05, 0) is 55.7 Å². The summed E-state index contributed by atoms with van der Waals surface area (Å²) in [6.45, 7) is 5.61. The maximum absolute atomic E-state index is 13.1. The van der Waals surface area contributed by atoms with Crippen LogP contribution in [0.5, 0.6) is 0 Å². The average molecular weight is 636 g/mol. The van der Waals surface area contributed by atoms with Crippen molar-refractivity contribution in [2.75, 3.05) is 23.1 Å². The first-order valence-corrected chi connectivity index (χ1v) is 15.9. The van der Waals surface area contributed by atoms with Crippen molar-refractivity contribution < 1.29 is 14.3 Å². The van der Waals surface area contributed by atoms with E-state index < -0.39 is 22.5 Å². The minimum atomic E-state index is -0.692. The maximum atomic E-state index is 13.1. The number of amides is 2. The Bertz CT molecular complexity index is 1380. The second-order valence-corrected chi connectivity index (χ2v) is 13.0. The number of benzene rings is 4. The summed E-state index contributed by atoms with van der Waals surface area (Å²) < 4.78 is 5.02. The minimum Gasteiger partial charge on any atom is -0.444 e. The van der Waals surface area contributed by atoms with E-state index in [9.17, 15) is 9.59 Å². The van der Waals surface area contributed by atoms with Gasteiger partial charge in [0.05, 0.1) is 10.8 Å². The smallest absolute Gasteiger partial charge is 0.407 e. The van der Waals surface area contributed by atoms with E-state index in [2.05, 4.69) is 41.7 Å². The van der Waals surface area contributed by atoms with Crippen LogP contribution >= 0.6 is 35.0 Å². The Hall–Kier alpha value is -3.45. The van der Waals surface area contributed by atoms with Crippen LogP contribution in [0, 0.1) is 0 Å². The van der Waals surface area contributed by atoms with Gasteiger partial charge in [0, 0.05) is 23.0 Å². The van der Waals surface area contributed by atoms with Gasteiger partial charge in [-0.1, -0.05) is 109 Å². The Balaban J connectivity index is 1.78. The third-order valence-corrected chi connectivity index (χ3v) is 8.87. The summed E-state index contributed by atoms with van der Waals surface area (Å²) in [6, 6.07) is 37.5. The zero-order chi connectivity index (χ0) is 30.9. The van der Waals surface area contributed by atoms with E-state index in [0.717, 1.165) is 16.7 Å². The summed E-state index contributed by atoms with van der Waals surface area (Å²) in [5.41, 5.74) is 3.19. The normalized spacial score (nSPS) is 12.3. The summed E-state index contributed by atoms with van der Waals surface area (Å²) in [5, 5.41) is 3.54. The van der Waals surface area contributed by atoms with Crippen molar-refractivity contribution in [3.05, 3.63) is 137 Å². The largest absolute Gasteiger partial charge is 0.444 e. The molecule has 43 heavy (non-hydrogen) atoms. The molecule has 0 spiro atoms. The molecule has 5 nitrogen and oxygen atoms in total. The molecule has 4 rings (SSSR count). The molecule has 0 saturated carbocycles. The highest BCUT2D eigenvalue weighted by atomic mass is 35.5. The predicted octanol–water partition coefficient (Wildman–Crippen LogP) is 8.53. The van der Waals surface area contributed by atoms with Crippen LogP contribution in [0.15, 0.2) is 115 Å². The molecular formula is C35H36Cl2N2O3S. The van der Waals surface area contributed by atoms with Gasteiger partial charge in [-0.3, -0.25) is 4.79 Å². The quantitative estimate of drug-likeness (QED) is 0.133. The number of hydrogen-bond acceptors (Lipinski definition) is 4. The predicted molar refractivity (Wildman–Crippen MR) is 179 cm³/mol. The molecule has 0 saturated heterocycles. The monoisotopic (exact) mass is 634 g/mol. The summed E-state index contributed by atoms with van der Waals surface area (Å²) in [6.07, 6.45) is -0.563. The molecule has 0 heterocycles. The number of alkyl carbamates (subject to hydrolysis) is 1. The Kier molecular flexibility index (Phi) is 11.2. The highest BCUT2D eigenvalue weighted by Gasteiger charge is 2.38. The van der Waals surface area contributed by atoms with Crippen LogP contribution in [-0.4, -0.2) is 41.8 Å². The number of rotatable bonds is 11. The molecule has 1 N–H and O–H groups in total. The van der Waals surface area contributed by atoms with Gasteiger partial charge < -0.3 is 15.0 Å². The molecule has 0 aliphatic rings. The molecular weight excluding hydrogens is 599 g/mol.